The van der Waals surface area contributed by atoms with E-state index < -0.39 is 0 Å². The summed E-state index contributed by atoms with van der Waals surface area (Å²) in [5.74, 6) is 28.8. The molecule has 0 radical (unpaired) electrons. The summed E-state index contributed by atoms with van der Waals surface area (Å²) >= 11 is 0. The fraction of sp³-hybridized carbons (Fsp3) is 0.267. The molecule has 6 aromatic rings. The maximum Gasteiger partial charge on any atom is 0.119 e. The van der Waals surface area contributed by atoms with E-state index >= 15 is 0 Å². The van der Waals surface area contributed by atoms with Crippen molar-refractivity contribution in [2.24, 2.45) is 0 Å². The van der Waals surface area contributed by atoms with E-state index in [1.807, 2.05) is 146 Å². The van der Waals surface area contributed by atoms with Crippen LogP contribution in [0.1, 0.15) is 44.5 Å². The van der Waals surface area contributed by atoms with E-state index in [4.69, 9.17) is 47.4 Å². The maximum atomic E-state index is 5.82. The molecule has 10 aliphatic heterocycles. The third-order valence-corrected chi connectivity index (χ3v) is 10.1. The van der Waals surface area contributed by atoms with Crippen molar-refractivity contribution in [2.75, 3.05) is 106 Å². The Morgan fingerprint density at radius 2 is 0.300 bits per heavy atom. The Morgan fingerprint density at radius 1 is 0.171 bits per heavy atom. The summed E-state index contributed by atoms with van der Waals surface area (Å²) in [5.41, 5.74) is 7.19. The molecule has 0 unspecified atom stereocenters. The van der Waals surface area contributed by atoms with Crippen LogP contribution in [0.15, 0.2) is 146 Å². The Labute approximate surface area is 412 Å². The number of benzene rings is 6. The first-order valence-corrected chi connectivity index (χ1v) is 23.4. The normalized spacial score (nSPS) is 15.2. The van der Waals surface area contributed by atoms with Gasteiger partial charge in [0.05, 0.1) is 79.3 Å². The van der Waals surface area contributed by atoms with Crippen molar-refractivity contribution in [3.8, 4) is 70.4 Å². The van der Waals surface area contributed by atoms with Gasteiger partial charge in [-0.3, -0.25) is 0 Å². The lowest BCUT2D eigenvalue weighted by molar-refractivity contribution is 0.00499. The molecule has 12 bridgehead atoms. The average molecular weight is 937 g/mol. The van der Waals surface area contributed by atoms with E-state index in [0.717, 1.165) is 67.5 Å². The van der Waals surface area contributed by atoms with Gasteiger partial charge in [-0.05, 0) is 146 Å². The molecule has 0 saturated heterocycles. The molecule has 6 aromatic carbocycles. The Morgan fingerprint density at radius 3 is 0.457 bits per heavy atom. The van der Waals surface area contributed by atoms with Crippen LogP contribution >= 0.6 is 0 Å². The highest BCUT2D eigenvalue weighted by atomic mass is 16.6. The monoisotopic (exact) mass is 936 g/mol. The summed E-state index contributed by atoms with van der Waals surface area (Å²) in [4.78, 5) is 0. The van der Waals surface area contributed by atoms with Crippen molar-refractivity contribution >= 4 is 0 Å². The number of hydrogen-bond acceptors (Lipinski definition) is 10. The van der Waals surface area contributed by atoms with Crippen molar-refractivity contribution in [3.63, 3.8) is 0 Å². The molecule has 0 atom stereocenters. The third kappa shape index (κ3) is 19.6. The second kappa shape index (κ2) is 30.1. The van der Waals surface area contributed by atoms with Gasteiger partial charge >= 0.3 is 0 Å². The van der Waals surface area contributed by atoms with Gasteiger partial charge in [-0.25, -0.2) is 0 Å². The Hall–Kier alpha value is -7.48. The highest BCUT2D eigenvalue weighted by Gasteiger charge is 2.01. The lowest BCUT2D eigenvalue weighted by Crippen LogP contribution is -2.14. The summed E-state index contributed by atoms with van der Waals surface area (Å²) in [6, 6.07) is 46.6. The van der Waals surface area contributed by atoms with Gasteiger partial charge in [0.1, 0.15) is 49.4 Å². The Bertz CT molecular complexity index is 2320. The predicted molar refractivity (Wildman–Crippen MR) is 269 cm³/mol. The van der Waals surface area contributed by atoms with Gasteiger partial charge in [0, 0.05) is 44.5 Å². The first-order chi connectivity index (χ1) is 34.7. The lowest BCUT2D eigenvalue weighted by Gasteiger charge is -2.09. The highest BCUT2D eigenvalue weighted by Crippen LogP contribution is 2.16. The molecule has 10 heteroatoms. The van der Waals surface area contributed by atoms with Gasteiger partial charge in [0.2, 0.25) is 0 Å². The summed E-state index contributed by atoms with van der Waals surface area (Å²) in [7, 11) is 0. The predicted octanol–water partition coefficient (Wildman–Crippen LogP) is 8.61. The minimum absolute atomic E-state index is 0.433. The molecular formula is C60H56O10. The van der Waals surface area contributed by atoms with Gasteiger partial charge in [0.15, 0.2) is 0 Å². The van der Waals surface area contributed by atoms with Gasteiger partial charge < -0.3 is 47.4 Å². The Balaban J connectivity index is 0.835. The van der Waals surface area contributed by atoms with Crippen LogP contribution in [0.5, 0.6) is 23.0 Å². The minimum Gasteiger partial charge on any atom is -0.491 e. The van der Waals surface area contributed by atoms with Crippen molar-refractivity contribution in [3.05, 3.63) is 190 Å². The SMILES string of the molecule is C1#Cc2ccc(cc2)OCCOCCOCCOCCOc2ccc(cc2)C#Cc2ccc(cc2)C#Cc2ccc(cc2)OCCOCCOCCOCCOc2ccc(cc2)C#Cc2ccc1cc2. The topological polar surface area (TPSA) is 92.3 Å². The zero-order valence-electron chi connectivity index (χ0n) is 39.3. The molecule has 0 fully saturated rings. The molecule has 10 aliphatic rings. The summed E-state index contributed by atoms with van der Waals surface area (Å²) < 4.78 is 57.1. The van der Waals surface area contributed by atoms with Crippen LogP contribution in [-0.2, 0) is 28.4 Å². The zero-order valence-corrected chi connectivity index (χ0v) is 39.3. The second-order valence-electron chi connectivity index (χ2n) is 15.3. The van der Waals surface area contributed by atoms with Crippen LogP contribution in [0.4, 0.5) is 0 Å². The van der Waals surface area contributed by atoms with E-state index in [9.17, 15) is 0 Å². The second-order valence-corrected chi connectivity index (χ2v) is 15.3. The molecule has 0 amide bonds. The molecule has 0 N–H and O–H groups in total. The maximum absolute atomic E-state index is 5.82. The van der Waals surface area contributed by atoms with Crippen LogP contribution in [0.25, 0.3) is 0 Å². The summed E-state index contributed by atoms with van der Waals surface area (Å²) in [6.07, 6.45) is 0. The molecule has 356 valence electrons. The molecule has 0 aliphatic carbocycles. The fourth-order valence-electron chi connectivity index (χ4n) is 6.35. The lowest BCUT2D eigenvalue weighted by atomic mass is 10.1. The third-order valence-electron chi connectivity index (χ3n) is 10.1. The molecule has 70 heavy (non-hydrogen) atoms. The fourth-order valence-corrected chi connectivity index (χ4v) is 6.35. The van der Waals surface area contributed by atoms with Crippen LogP contribution in [0.2, 0.25) is 0 Å². The van der Waals surface area contributed by atoms with E-state index in [-0.39, 0.29) is 0 Å². The van der Waals surface area contributed by atoms with Crippen LogP contribution in [-0.4, -0.2) is 106 Å². The van der Waals surface area contributed by atoms with Crippen molar-refractivity contribution in [2.45, 2.75) is 0 Å². The summed E-state index contributed by atoms with van der Waals surface area (Å²) in [6.45, 7) is 7.33. The van der Waals surface area contributed by atoms with Crippen molar-refractivity contribution in [1.82, 2.24) is 0 Å². The molecule has 16 rings (SSSR count). The molecular weight excluding hydrogens is 881 g/mol. The first kappa shape index (κ1) is 50.4. The zero-order chi connectivity index (χ0) is 47.9. The van der Waals surface area contributed by atoms with Gasteiger partial charge in [-0.2, -0.15) is 0 Å². The Kier molecular flexibility index (Phi) is 21.7. The van der Waals surface area contributed by atoms with Gasteiger partial charge in [-0.1, -0.05) is 47.4 Å². The smallest absolute Gasteiger partial charge is 0.119 e. The van der Waals surface area contributed by atoms with Crippen molar-refractivity contribution < 1.29 is 47.4 Å². The first-order valence-electron chi connectivity index (χ1n) is 23.4. The van der Waals surface area contributed by atoms with E-state index in [1.54, 1.807) is 0 Å². The molecule has 0 saturated carbocycles. The van der Waals surface area contributed by atoms with E-state index in [1.165, 1.54) is 0 Å². The van der Waals surface area contributed by atoms with E-state index in [0.29, 0.717) is 106 Å². The minimum atomic E-state index is 0.433. The van der Waals surface area contributed by atoms with Gasteiger partial charge in [-0.15, -0.1) is 0 Å². The molecule has 10 heterocycles. The molecule has 0 aromatic heterocycles. The number of rotatable bonds is 0. The molecule has 0 spiro atoms. The largest absolute Gasteiger partial charge is 0.491 e. The van der Waals surface area contributed by atoms with Crippen LogP contribution < -0.4 is 18.9 Å². The van der Waals surface area contributed by atoms with Gasteiger partial charge in [0.25, 0.3) is 0 Å². The molecule has 10 nitrogen and oxygen atoms in total. The van der Waals surface area contributed by atoms with Crippen LogP contribution in [0, 0.1) is 47.4 Å². The number of ether oxygens (including phenoxy) is 10. The van der Waals surface area contributed by atoms with Crippen LogP contribution in [0.3, 0.4) is 0 Å². The highest BCUT2D eigenvalue weighted by molar-refractivity contribution is 5.50. The number of hydrogen-bond donors (Lipinski definition) is 0. The van der Waals surface area contributed by atoms with Crippen molar-refractivity contribution in [1.29, 1.82) is 0 Å². The quantitative estimate of drug-likeness (QED) is 0.138. The van der Waals surface area contributed by atoms with E-state index in [2.05, 4.69) is 47.4 Å². The summed E-state index contributed by atoms with van der Waals surface area (Å²) in [5, 5.41) is 0. The average Bonchev–Trinajstić information content (AvgIpc) is 3.40. The standard InChI is InChI=1S/C60H56O10/c1-2-50-4-3-49(1)9-13-53-17-25-57(26-18-53)67-45-41-63-37-33-61-35-39-65-43-47-69-59-29-21-55(22-30-59)15-11-51-5-7-52(8-6-51)12-16-56-23-31-60(32-24-56)70-48-44-66-40-36-62-34-38-64-42-46-68-58-27-19-54(14-10-50)20-28-58/h1-8,17-32H,33-48H2.